The molecule has 0 radical (unpaired) electrons. The number of fused-ring (bicyclic) bond motifs is 1. The van der Waals surface area contributed by atoms with E-state index in [1.54, 1.807) is 7.05 Å². The highest BCUT2D eigenvalue weighted by Gasteiger charge is 2.15. The standard InChI is InChI=1S/C11H8ClFN4O/c1-17-10(14)5(4-15-17)11-16-8-2-6(12)7(13)3-9(8)18-11/h2-4H,14H2,1H3. The van der Waals surface area contributed by atoms with Gasteiger partial charge in [0.15, 0.2) is 5.58 Å². The van der Waals surface area contributed by atoms with Gasteiger partial charge in [-0.25, -0.2) is 9.37 Å². The minimum absolute atomic E-state index is 0.00140. The summed E-state index contributed by atoms with van der Waals surface area (Å²) < 4.78 is 20.2. The maximum absolute atomic E-state index is 13.3. The number of nitrogens with two attached hydrogens (primary N) is 1. The molecule has 92 valence electrons. The van der Waals surface area contributed by atoms with Crippen LogP contribution in [0.15, 0.2) is 22.7 Å². The second kappa shape index (κ2) is 3.71. The van der Waals surface area contributed by atoms with E-state index in [0.29, 0.717) is 22.5 Å². The molecule has 2 heterocycles. The fourth-order valence-electron chi connectivity index (χ4n) is 1.65. The smallest absolute Gasteiger partial charge is 0.232 e. The Kier molecular flexibility index (Phi) is 2.27. The van der Waals surface area contributed by atoms with E-state index in [2.05, 4.69) is 10.1 Å². The summed E-state index contributed by atoms with van der Waals surface area (Å²) in [5.74, 6) is 0.163. The van der Waals surface area contributed by atoms with Crippen molar-refractivity contribution in [2.45, 2.75) is 0 Å². The second-order valence-corrected chi connectivity index (χ2v) is 4.23. The van der Waals surface area contributed by atoms with Crippen LogP contribution < -0.4 is 5.73 Å². The van der Waals surface area contributed by atoms with E-state index in [1.165, 1.54) is 23.0 Å². The predicted molar refractivity (Wildman–Crippen MR) is 65.6 cm³/mol. The van der Waals surface area contributed by atoms with Crippen LogP contribution in [0.1, 0.15) is 0 Å². The Hall–Kier alpha value is -2.08. The zero-order chi connectivity index (χ0) is 12.9. The molecule has 0 spiro atoms. The monoisotopic (exact) mass is 266 g/mol. The Bertz CT molecular complexity index is 710. The largest absolute Gasteiger partial charge is 0.436 e. The van der Waals surface area contributed by atoms with Crippen molar-refractivity contribution < 1.29 is 8.81 Å². The summed E-state index contributed by atoms with van der Waals surface area (Å²) in [6.07, 6.45) is 1.54. The van der Waals surface area contributed by atoms with Crippen molar-refractivity contribution in [3.8, 4) is 11.5 Å². The van der Waals surface area contributed by atoms with Crippen molar-refractivity contribution >= 4 is 28.5 Å². The second-order valence-electron chi connectivity index (χ2n) is 3.82. The number of benzene rings is 1. The SMILES string of the molecule is Cn1ncc(-c2nc3cc(Cl)c(F)cc3o2)c1N. The van der Waals surface area contributed by atoms with Crippen LogP contribution >= 0.6 is 11.6 Å². The minimum atomic E-state index is -0.550. The lowest BCUT2D eigenvalue weighted by Crippen LogP contribution is -1.97. The average Bonchev–Trinajstić information content (AvgIpc) is 2.85. The van der Waals surface area contributed by atoms with Crippen LogP contribution in [0.2, 0.25) is 5.02 Å². The molecule has 0 aliphatic rings. The van der Waals surface area contributed by atoms with Crippen LogP contribution in [0.5, 0.6) is 0 Å². The van der Waals surface area contributed by atoms with E-state index >= 15 is 0 Å². The summed E-state index contributed by atoms with van der Waals surface area (Å²) in [5, 5.41) is 3.99. The first-order chi connectivity index (χ1) is 8.56. The maximum atomic E-state index is 13.3. The number of nitrogen functional groups attached to an aromatic ring is 1. The fourth-order valence-corrected chi connectivity index (χ4v) is 1.81. The first-order valence-electron chi connectivity index (χ1n) is 5.09. The molecule has 0 saturated heterocycles. The van der Waals surface area contributed by atoms with E-state index in [0.717, 1.165) is 0 Å². The normalized spacial score (nSPS) is 11.3. The van der Waals surface area contributed by atoms with Crippen molar-refractivity contribution in [2.24, 2.45) is 7.05 Å². The number of hydrogen-bond acceptors (Lipinski definition) is 4. The van der Waals surface area contributed by atoms with Gasteiger partial charge >= 0.3 is 0 Å². The van der Waals surface area contributed by atoms with Gasteiger partial charge in [0.05, 0.1) is 16.8 Å². The summed E-state index contributed by atoms with van der Waals surface area (Å²) >= 11 is 5.68. The molecule has 0 aliphatic heterocycles. The van der Waals surface area contributed by atoms with Crippen molar-refractivity contribution in [1.29, 1.82) is 0 Å². The lowest BCUT2D eigenvalue weighted by Gasteiger charge is -1.94. The van der Waals surface area contributed by atoms with Crippen molar-refractivity contribution in [2.75, 3.05) is 5.73 Å². The summed E-state index contributed by atoms with van der Waals surface area (Å²) in [4.78, 5) is 4.21. The van der Waals surface area contributed by atoms with Gasteiger partial charge in [-0.15, -0.1) is 0 Å². The maximum Gasteiger partial charge on any atom is 0.232 e. The average molecular weight is 267 g/mol. The third kappa shape index (κ3) is 1.53. The van der Waals surface area contributed by atoms with Crippen molar-refractivity contribution in [1.82, 2.24) is 14.8 Å². The molecule has 5 nitrogen and oxygen atoms in total. The van der Waals surface area contributed by atoms with Gasteiger partial charge < -0.3 is 10.2 Å². The highest BCUT2D eigenvalue weighted by atomic mass is 35.5. The van der Waals surface area contributed by atoms with Crippen molar-refractivity contribution in [3.05, 3.63) is 29.2 Å². The Labute approximate surface area is 106 Å². The predicted octanol–water partition coefficient (Wildman–Crippen LogP) is 2.60. The third-order valence-electron chi connectivity index (χ3n) is 2.65. The Morgan fingerprint density at radius 2 is 2.22 bits per heavy atom. The number of rotatable bonds is 1. The summed E-state index contributed by atoms with van der Waals surface area (Å²) in [5.41, 5.74) is 7.16. The molecule has 2 aromatic heterocycles. The van der Waals surface area contributed by atoms with Crippen LogP contribution in [0.3, 0.4) is 0 Å². The zero-order valence-electron chi connectivity index (χ0n) is 9.32. The quantitative estimate of drug-likeness (QED) is 0.735. The summed E-state index contributed by atoms with van der Waals surface area (Å²) in [6, 6.07) is 2.60. The van der Waals surface area contributed by atoms with Gasteiger partial charge in [-0.2, -0.15) is 5.10 Å². The van der Waals surface area contributed by atoms with E-state index in [4.69, 9.17) is 21.8 Å². The number of oxazole rings is 1. The van der Waals surface area contributed by atoms with E-state index in [9.17, 15) is 4.39 Å². The fraction of sp³-hybridized carbons (Fsp3) is 0.0909. The van der Waals surface area contributed by atoms with Gasteiger partial charge in [-0.05, 0) is 6.07 Å². The lowest BCUT2D eigenvalue weighted by atomic mass is 10.3. The number of halogens is 2. The summed E-state index contributed by atoms with van der Waals surface area (Å²) in [6.45, 7) is 0. The van der Waals surface area contributed by atoms with Crippen LogP contribution in [0.4, 0.5) is 10.2 Å². The molecule has 7 heteroatoms. The van der Waals surface area contributed by atoms with Gasteiger partial charge in [0.25, 0.3) is 0 Å². The van der Waals surface area contributed by atoms with Crippen LogP contribution in [0, 0.1) is 5.82 Å². The molecule has 0 bridgehead atoms. The molecule has 2 N–H and O–H groups in total. The molecule has 0 amide bonds. The molecule has 18 heavy (non-hydrogen) atoms. The minimum Gasteiger partial charge on any atom is -0.436 e. The molecule has 0 fully saturated rings. The zero-order valence-corrected chi connectivity index (χ0v) is 10.1. The highest BCUT2D eigenvalue weighted by molar-refractivity contribution is 6.31. The van der Waals surface area contributed by atoms with Gasteiger partial charge in [0.1, 0.15) is 17.2 Å². The molecule has 0 unspecified atom stereocenters. The Morgan fingerprint density at radius 3 is 2.89 bits per heavy atom. The third-order valence-corrected chi connectivity index (χ3v) is 2.94. The Morgan fingerprint density at radius 1 is 1.44 bits per heavy atom. The topological polar surface area (TPSA) is 69.9 Å². The van der Waals surface area contributed by atoms with Gasteiger partial charge in [-0.3, -0.25) is 4.68 Å². The first kappa shape index (κ1) is 11.0. The van der Waals surface area contributed by atoms with Crippen molar-refractivity contribution in [3.63, 3.8) is 0 Å². The number of aryl methyl sites for hydroxylation is 1. The molecule has 0 aliphatic carbocycles. The first-order valence-corrected chi connectivity index (χ1v) is 5.47. The van der Waals surface area contributed by atoms with Gasteiger partial charge in [-0.1, -0.05) is 11.6 Å². The molecular weight excluding hydrogens is 259 g/mol. The van der Waals surface area contributed by atoms with Crippen LogP contribution in [-0.4, -0.2) is 14.8 Å². The number of anilines is 1. The molecule has 3 rings (SSSR count). The molecule has 0 saturated carbocycles. The number of nitrogens with zero attached hydrogens (tertiary/aromatic N) is 3. The van der Waals surface area contributed by atoms with Gasteiger partial charge in [0, 0.05) is 13.1 Å². The lowest BCUT2D eigenvalue weighted by molar-refractivity contribution is 0.602. The Balaban J connectivity index is 2.22. The number of hydrogen-bond donors (Lipinski definition) is 1. The molecule has 0 atom stereocenters. The van der Waals surface area contributed by atoms with E-state index in [1.807, 2.05) is 0 Å². The summed E-state index contributed by atoms with van der Waals surface area (Å²) in [7, 11) is 1.71. The van der Waals surface area contributed by atoms with E-state index < -0.39 is 5.82 Å². The molecule has 3 aromatic rings. The molecular formula is C11H8ClFN4O. The van der Waals surface area contributed by atoms with Crippen LogP contribution in [-0.2, 0) is 7.05 Å². The van der Waals surface area contributed by atoms with Crippen LogP contribution in [0.25, 0.3) is 22.6 Å². The molecule has 1 aromatic carbocycles. The number of aromatic nitrogens is 3. The van der Waals surface area contributed by atoms with Gasteiger partial charge in [0.2, 0.25) is 5.89 Å². The highest BCUT2D eigenvalue weighted by Crippen LogP contribution is 2.30. The van der Waals surface area contributed by atoms with E-state index in [-0.39, 0.29) is 10.9 Å².